The lowest BCUT2D eigenvalue weighted by Gasteiger charge is -2.39. The maximum atomic E-state index is 13.2. The van der Waals surface area contributed by atoms with Gasteiger partial charge in [0.15, 0.2) is 39.3 Å². The van der Waals surface area contributed by atoms with Crippen molar-refractivity contribution in [2.75, 3.05) is 23.0 Å². The van der Waals surface area contributed by atoms with E-state index in [2.05, 4.69) is 27.7 Å². The smallest absolute Gasteiger partial charge is 0.179 e. The van der Waals surface area contributed by atoms with Crippen molar-refractivity contribution in [2.24, 2.45) is 21.7 Å². The maximum absolute atomic E-state index is 13.2. The van der Waals surface area contributed by atoms with Crippen LogP contribution in [0.2, 0.25) is 0 Å². The number of hydrogen-bond donors (Lipinski definition) is 4. The van der Waals surface area contributed by atoms with Crippen LogP contribution in [0.1, 0.15) is 226 Å². The van der Waals surface area contributed by atoms with Gasteiger partial charge in [0.05, 0.1) is 67.0 Å². The first-order chi connectivity index (χ1) is 49.8. The molecule has 8 aromatic rings. The minimum absolute atomic E-state index is 0.0119. The quantitative estimate of drug-likeness (QED) is 0.0560. The zero-order chi connectivity index (χ0) is 75.1. The molecular weight excluding hydrogens is 1380 g/mol. The van der Waals surface area contributed by atoms with Crippen molar-refractivity contribution in [2.45, 2.75) is 226 Å². The molecule has 8 aromatic carbocycles. The van der Waals surface area contributed by atoms with Crippen molar-refractivity contribution in [1.29, 1.82) is 0 Å². The first-order valence-corrected chi connectivity index (χ1v) is 44.6. The molecule has 4 heterocycles. The fourth-order valence-corrected chi connectivity index (χ4v) is 26.5. The number of aliphatic hydroxyl groups is 4. The van der Waals surface area contributed by atoms with Gasteiger partial charge in [-0.2, -0.15) is 0 Å². The predicted octanol–water partition coefficient (Wildman–Crippen LogP) is 18.2. The van der Waals surface area contributed by atoms with Crippen molar-refractivity contribution in [3.63, 3.8) is 0 Å². The van der Waals surface area contributed by atoms with Crippen molar-refractivity contribution in [3.8, 4) is 0 Å². The largest absolute Gasteiger partial charge is 0.392 e. The Kier molecular flexibility index (Phi) is 27.7. The van der Waals surface area contributed by atoms with E-state index in [1.54, 1.807) is 48.5 Å². The molecule has 0 saturated carbocycles. The lowest BCUT2D eigenvalue weighted by molar-refractivity contribution is 0.0173. The Balaban J connectivity index is 0.000000161. The third-order valence-corrected chi connectivity index (χ3v) is 31.6. The van der Waals surface area contributed by atoms with Crippen LogP contribution in [0.4, 0.5) is 0 Å². The van der Waals surface area contributed by atoms with Crippen LogP contribution in [-0.2, 0) is 39.3 Å². The Bertz CT molecular complexity index is 3960. The van der Waals surface area contributed by atoms with Crippen LogP contribution in [0.3, 0.4) is 0 Å². The molecule has 4 aliphatic heterocycles. The maximum Gasteiger partial charge on any atom is 0.179 e. The molecule has 0 saturated heterocycles. The highest BCUT2D eigenvalue weighted by Gasteiger charge is 2.53. The average Bonchev–Trinajstić information content (AvgIpc) is 1.62. The third kappa shape index (κ3) is 17.3. The summed E-state index contributed by atoms with van der Waals surface area (Å²) in [7, 11) is -13.8. The second-order valence-corrected chi connectivity index (χ2v) is 37.6. The van der Waals surface area contributed by atoms with E-state index in [-0.39, 0.29) is 46.7 Å². The van der Waals surface area contributed by atoms with Crippen LogP contribution in [-0.4, -0.2) is 102 Å². The molecule has 560 valence electrons. The molecule has 4 unspecified atom stereocenters. The fourth-order valence-electron chi connectivity index (χ4n) is 17.4. The highest BCUT2D eigenvalue weighted by atomic mass is 32.2. The molecular formula is C88H112O12S4. The van der Waals surface area contributed by atoms with E-state index in [1.165, 1.54) is 0 Å². The fraction of sp³-hybridized carbons (Fsp3) is 0.455. The third-order valence-electron chi connectivity index (χ3n) is 23.6. The van der Waals surface area contributed by atoms with Crippen LogP contribution in [0.5, 0.6) is 0 Å². The monoisotopic (exact) mass is 1490 g/mol. The lowest BCUT2D eigenvalue weighted by Crippen LogP contribution is -2.42. The summed E-state index contributed by atoms with van der Waals surface area (Å²) in [5, 5.41) is 46.2. The van der Waals surface area contributed by atoms with Gasteiger partial charge in [0.25, 0.3) is 0 Å². The normalized spacial score (nSPS) is 27.5. The Morgan fingerprint density at radius 3 is 0.587 bits per heavy atom. The summed E-state index contributed by atoms with van der Waals surface area (Å²) in [5.74, 6) is -1.28. The zero-order valence-corrected chi connectivity index (χ0v) is 65.5. The van der Waals surface area contributed by atoms with Crippen LogP contribution < -0.4 is 0 Å². The van der Waals surface area contributed by atoms with Gasteiger partial charge in [-0.1, -0.05) is 301 Å². The minimum atomic E-state index is -3.46. The van der Waals surface area contributed by atoms with Crippen LogP contribution in [0, 0.1) is 21.7 Å². The number of unbranched alkanes of at least 4 members (excludes halogenated alkanes) is 4. The highest BCUT2D eigenvalue weighted by Crippen LogP contribution is 2.53. The van der Waals surface area contributed by atoms with Crippen LogP contribution in [0.15, 0.2) is 238 Å². The van der Waals surface area contributed by atoms with E-state index in [9.17, 15) is 54.1 Å². The van der Waals surface area contributed by atoms with Gasteiger partial charge < -0.3 is 20.4 Å². The Morgan fingerprint density at radius 1 is 0.260 bits per heavy atom. The van der Waals surface area contributed by atoms with Crippen molar-refractivity contribution in [1.82, 2.24) is 0 Å². The molecule has 0 radical (unpaired) electrons. The van der Waals surface area contributed by atoms with E-state index >= 15 is 0 Å². The summed E-state index contributed by atoms with van der Waals surface area (Å²) in [6.07, 6.45) is 10.1. The standard InChI is InChI=1S/4C22H28O3S/c4*1-3-5-15-22(4-2)16-26(24,25)19-14-10-9-13-18(19)20(21(22)23)17-11-7-6-8-12-17/h4*6-14,20-21,23H,3-5,15-16H2,1-2H3/t2*20-,21?,22+;2*20-,21?,22-/m0011/s1. The molecule has 0 fully saturated rings. The van der Waals surface area contributed by atoms with Gasteiger partial charge in [-0.05, 0) is 120 Å². The number of hydrogen-bond acceptors (Lipinski definition) is 12. The second kappa shape index (κ2) is 35.4. The number of benzene rings is 8. The molecule has 4 aliphatic rings. The SMILES string of the molecule is CCCC[C@]1(CC)CS(=O)(=O)c2ccccc2[C@@H](c2ccccc2)C1O.CCCC[C@]1(CC)CS(=O)(=O)c2ccccc2[C@@H](c2ccccc2)C1O.CCCC[C@]1(CC)CS(=O)(=O)c2ccccc2[C@H](c2ccccc2)C1O.CCCC[C@]1(CC)CS(=O)(=O)c2ccccc2[C@H](c2ccccc2)C1O. The first-order valence-electron chi connectivity index (χ1n) is 38.0. The molecule has 12 atom stereocenters. The van der Waals surface area contributed by atoms with Gasteiger partial charge in [-0.25, -0.2) is 33.7 Å². The van der Waals surface area contributed by atoms with E-state index in [0.29, 0.717) is 45.3 Å². The Hall–Kier alpha value is -6.60. The van der Waals surface area contributed by atoms with Crippen molar-refractivity contribution in [3.05, 3.63) is 263 Å². The second-order valence-electron chi connectivity index (χ2n) is 29.8. The van der Waals surface area contributed by atoms with E-state index in [4.69, 9.17) is 0 Å². The van der Waals surface area contributed by atoms with Crippen LogP contribution >= 0.6 is 0 Å². The van der Waals surface area contributed by atoms with Gasteiger partial charge in [0.1, 0.15) is 0 Å². The van der Waals surface area contributed by atoms with Gasteiger partial charge in [0.2, 0.25) is 0 Å². The van der Waals surface area contributed by atoms with Gasteiger partial charge in [-0.3, -0.25) is 0 Å². The molecule has 0 bridgehead atoms. The molecule has 4 N–H and O–H groups in total. The Labute approximate surface area is 622 Å². The van der Waals surface area contributed by atoms with Crippen molar-refractivity contribution >= 4 is 39.3 Å². The molecule has 12 nitrogen and oxygen atoms in total. The van der Waals surface area contributed by atoms with E-state index in [0.717, 1.165) is 122 Å². The van der Waals surface area contributed by atoms with E-state index in [1.807, 2.05) is 198 Å². The topological polar surface area (TPSA) is 217 Å². The van der Waals surface area contributed by atoms with Crippen LogP contribution in [0.25, 0.3) is 0 Å². The molecule has 0 aromatic heterocycles. The predicted molar refractivity (Wildman–Crippen MR) is 420 cm³/mol. The molecule has 104 heavy (non-hydrogen) atoms. The first kappa shape index (κ1) is 81.5. The summed E-state index contributed by atoms with van der Waals surface area (Å²) >= 11 is 0. The zero-order valence-electron chi connectivity index (χ0n) is 62.2. The summed E-state index contributed by atoms with van der Waals surface area (Å²) in [6, 6.07) is 68.0. The number of rotatable bonds is 20. The number of sulfone groups is 4. The van der Waals surface area contributed by atoms with Gasteiger partial charge in [0, 0.05) is 45.3 Å². The summed E-state index contributed by atoms with van der Waals surface area (Å²) in [6.45, 7) is 16.4. The summed E-state index contributed by atoms with van der Waals surface area (Å²) < 4.78 is 106. The minimum Gasteiger partial charge on any atom is -0.392 e. The molecule has 12 rings (SSSR count). The molecule has 0 spiro atoms. The summed E-state index contributed by atoms with van der Waals surface area (Å²) in [5.41, 5.74) is 4.24. The lowest BCUT2D eigenvalue weighted by atomic mass is 9.69. The number of aliphatic hydroxyl groups excluding tert-OH is 4. The molecule has 16 heteroatoms. The van der Waals surface area contributed by atoms with Crippen molar-refractivity contribution < 1.29 is 54.1 Å². The highest BCUT2D eigenvalue weighted by molar-refractivity contribution is 7.92. The van der Waals surface area contributed by atoms with E-state index < -0.39 is 85.4 Å². The molecule has 0 aliphatic carbocycles. The molecule has 0 amide bonds. The summed E-state index contributed by atoms with van der Waals surface area (Å²) in [4.78, 5) is 1.50. The van der Waals surface area contributed by atoms with Gasteiger partial charge in [-0.15, -0.1) is 0 Å². The van der Waals surface area contributed by atoms with Gasteiger partial charge >= 0.3 is 0 Å². The average molecular weight is 1490 g/mol. The number of fused-ring (bicyclic) bond motifs is 4. The Morgan fingerprint density at radius 2 is 0.423 bits per heavy atom.